The van der Waals surface area contributed by atoms with Crippen LogP contribution in [0.5, 0.6) is 0 Å². The van der Waals surface area contributed by atoms with Crippen LogP contribution in [0.4, 0.5) is 0 Å². The van der Waals surface area contributed by atoms with Crippen LogP contribution >= 0.6 is 0 Å². The largest absolute Gasteiger partial charge is 0.351 e. The summed E-state index contributed by atoms with van der Waals surface area (Å²) in [6, 6.07) is 3.61. The Kier molecular flexibility index (Phi) is 3.31. The second-order valence-corrected chi connectivity index (χ2v) is 6.85. The van der Waals surface area contributed by atoms with Crippen molar-refractivity contribution in [1.82, 2.24) is 29.4 Å². The van der Waals surface area contributed by atoms with Crippen LogP contribution in [-0.4, -0.2) is 48.4 Å². The second kappa shape index (κ2) is 5.69. The van der Waals surface area contributed by atoms with Crippen molar-refractivity contribution in [2.45, 2.75) is 19.3 Å². The minimum atomic E-state index is -0.117. The van der Waals surface area contributed by atoms with Crippen LogP contribution in [0.3, 0.4) is 0 Å². The lowest BCUT2D eigenvalue weighted by Crippen LogP contribution is -2.42. The number of nitrogens with zero attached hydrogens (tertiary/aromatic N) is 5. The van der Waals surface area contributed by atoms with E-state index in [1.807, 2.05) is 29.6 Å². The van der Waals surface area contributed by atoms with Crippen LogP contribution in [0.1, 0.15) is 35.6 Å². The van der Waals surface area contributed by atoms with Gasteiger partial charge in [0.25, 0.3) is 5.91 Å². The molecule has 8 heteroatoms. The van der Waals surface area contributed by atoms with E-state index in [0.717, 1.165) is 28.9 Å². The Labute approximate surface area is 148 Å². The fourth-order valence-corrected chi connectivity index (χ4v) is 3.83. The van der Waals surface area contributed by atoms with E-state index in [1.165, 1.54) is 6.20 Å². The fourth-order valence-electron chi connectivity index (χ4n) is 3.83. The molecule has 0 bridgehead atoms. The maximum atomic E-state index is 12.7. The van der Waals surface area contributed by atoms with E-state index < -0.39 is 0 Å². The fraction of sp³-hybridized carbons (Fsp3) is 0.333. The van der Waals surface area contributed by atoms with Crippen LogP contribution in [-0.2, 0) is 0 Å². The van der Waals surface area contributed by atoms with Crippen LogP contribution in [0.2, 0.25) is 0 Å². The van der Waals surface area contributed by atoms with Gasteiger partial charge in [-0.25, -0.2) is 9.97 Å². The van der Waals surface area contributed by atoms with Gasteiger partial charge < -0.3 is 14.4 Å². The number of hydrogen-bond donors (Lipinski definition) is 1. The monoisotopic (exact) mass is 350 g/mol. The molecule has 1 saturated heterocycles. The number of piperidine rings is 1. The molecule has 8 nitrogen and oxygen atoms in total. The quantitative estimate of drug-likeness (QED) is 0.599. The van der Waals surface area contributed by atoms with Gasteiger partial charge in [0.15, 0.2) is 5.65 Å². The summed E-state index contributed by atoms with van der Waals surface area (Å²) in [5, 5.41) is 3.64. The first kappa shape index (κ1) is 15.1. The molecular formula is C18H18N6O2. The number of amides is 1. The molecule has 4 aromatic heterocycles. The number of aromatic nitrogens is 5. The standard InChI is InChI=1S/C18H18N6O2/c1-11-4-7-23(18(25)15-3-6-22-26-15)10-13(11)17-21-9-12-8-20-16-14(24(12)17)2-5-19-16/h2-3,5-6,8-9,11,13,19H,4,7,10H2,1H3/t11-,13+/m0/s1. The van der Waals surface area contributed by atoms with Gasteiger partial charge in [-0.15, -0.1) is 0 Å². The first-order valence-corrected chi connectivity index (χ1v) is 8.72. The van der Waals surface area contributed by atoms with E-state index in [-0.39, 0.29) is 17.6 Å². The third-order valence-electron chi connectivity index (χ3n) is 5.31. The summed E-state index contributed by atoms with van der Waals surface area (Å²) >= 11 is 0. The topological polar surface area (TPSA) is 92.3 Å². The highest BCUT2D eigenvalue weighted by molar-refractivity contribution is 5.91. The zero-order valence-corrected chi connectivity index (χ0v) is 14.3. The summed E-state index contributed by atoms with van der Waals surface area (Å²) in [6.45, 7) is 3.53. The highest BCUT2D eigenvalue weighted by Gasteiger charge is 2.34. The zero-order valence-electron chi connectivity index (χ0n) is 14.3. The summed E-state index contributed by atoms with van der Waals surface area (Å²) in [4.78, 5) is 26.8. The second-order valence-electron chi connectivity index (χ2n) is 6.85. The third-order valence-corrected chi connectivity index (χ3v) is 5.31. The van der Waals surface area contributed by atoms with Crippen LogP contribution in [0.15, 0.2) is 41.4 Å². The number of hydrogen-bond acceptors (Lipinski definition) is 5. The molecule has 1 aliphatic heterocycles. The smallest absolute Gasteiger partial charge is 0.292 e. The minimum absolute atomic E-state index is 0.117. The van der Waals surface area contributed by atoms with Gasteiger partial charge in [0, 0.05) is 31.3 Å². The molecular weight excluding hydrogens is 332 g/mol. The van der Waals surface area contributed by atoms with Crippen molar-refractivity contribution >= 4 is 22.6 Å². The van der Waals surface area contributed by atoms with E-state index >= 15 is 0 Å². The number of carbonyl (C=O) groups excluding carboxylic acids is 1. The Morgan fingerprint density at radius 3 is 3.04 bits per heavy atom. The van der Waals surface area contributed by atoms with Gasteiger partial charge in [0.1, 0.15) is 5.82 Å². The number of aromatic amines is 1. The van der Waals surface area contributed by atoms with Crippen LogP contribution < -0.4 is 0 Å². The van der Waals surface area contributed by atoms with Gasteiger partial charge >= 0.3 is 0 Å². The average Bonchev–Trinajstić information content (AvgIpc) is 3.40. The molecule has 1 amide bonds. The van der Waals surface area contributed by atoms with Gasteiger partial charge in [0.05, 0.1) is 29.6 Å². The number of H-pyrrole nitrogens is 1. The zero-order chi connectivity index (χ0) is 17.7. The van der Waals surface area contributed by atoms with E-state index in [9.17, 15) is 4.79 Å². The molecule has 5 rings (SSSR count). The first-order valence-electron chi connectivity index (χ1n) is 8.72. The highest BCUT2D eigenvalue weighted by atomic mass is 16.5. The lowest BCUT2D eigenvalue weighted by molar-refractivity contribution is 0.0623. The lowest BCUT2D eigenvalue weighted by atomic mass is 9.86. The van der Waals surface area contributed by atoms with Gasteiger partial charge in [-0.3, -0.25) is 9.20 Å². The Hall–Kier alpha value is -3.16. The van der Waals surface area contributed by atoms with Crippen molar-refractivity contribution in [1.29, 1.82) is 0 Å². The Bertz CT molecular complexity index is 1080. The van der Waals surface area contributed by atoms with Crippen LogP contribution in [0, 0.1) is 5.92 Å². The van der Waals surface area contributed by atoms with E-state index in [2.05, 4.69) is 26.4 Å². The molecule has 1 N–H and O–H groups in total. The molecule has 0 aliphatic carbocycles. The Balaban J connectivity index is 1.55. The van der Waals surface area contributed by atoms with Crippen molar-refractivity contribution in [3.05, 3.63) is 48.5 Å². The number of likely N-dealkylation sites (tertiary alicyclic amines) is 1. The van der Waals surface area contributed by atoms with Gasteiger partial charge in [-0.05, 0) is 18.4 Å². The molecule has 0 radical (unpaired) electrons. The van der Waals surface area contributed by atoms with Crippen molar-refractivity contribution in [2.24, 2.45) is 5.92 Å². The summed E-state index contributed by atoms with van der Waals surface area (Å²) in [5.41, 5.74) is 2.79. The predicted molar refractivity (Wildman–Crippen MR) is 93.8 cm³/mol. The van der Waals surface area contributed by atoms with Gasteiger partial charge in [0.2, 0.25) is 5.76 Å². The predicted octanol–water partition coefficient (Wildman–Crippen LogP) is 2.46. The molecule has 132 valence electrons. The molecule has 1 aliphatic rings. The first-order chi connectivity index (χ1) is 12.7. The summed E-state index contributed by atoms with van der Waals surface area (Å²) in [5.74, 6) is 1.69. The van der Waals surface area contributed by atoms with Gasteiger partial charge in [-0.1, -0.05) is 12.1 Å². The number of fused-ring (bicyclic) bond motifs is 3. The normalized spacial score (nSPS) is 20.9. The van der Waals surface area contributed by atoms with Gasteiger partial charge in [-0.2, -0.15) is 0 Å². The molecule has 26 heavy (non-hydrogen) atoms. The molecule has 0 aromatic carbocycles. The third kappa shape index (κ3) is 2.22. The van der Waals surface area contributed by atoms with Crippen molar-refractivity contribution < 1.29 is 9.32 Å². The molecule has 4 aromatic rings. The van der Waals surface area contributed by atoms with E-state index in [1.54, 1.807) is 6.07 Å². The minimum Gasteiger partial charge on any atom is -0.351 e. The summed E-state index contributed by atoms with van der Waals surface area (Å²) in [7, 11) is 0. The molecule has 0 unspecified atom stereocenters. The van der Waals surface area contributed by atoms with E-state index in [0.29, 0.717) is 19.0 Å². The van der Waals surface area contributed by atoms with Crippen molar-refractivity contribution in [3.8, 4) is 0 Å². The van der Waals surface area contributed by atoms with Crippen molar-refractivity contribution in [2.75, 3.05) is 13.1 Å². The summed E-state index contributed by atoms with van der Waals surface area (Å²) in [6.07, 6.45) is 7.96. The molecule has 0 spiro atoms. The average molecular weight is 350 g/mol. The summed E-state index contributed by atoms with van der Waals surface area (Å²) < 4.78 is 7.19. The Morgan fingerprint density at radius 2 is 2.19 bits per heavy atom. The maximum Gasteiger partial charge on any atom is 0.292 e. The Morgan fingerprint density at radius 1 is 1.31 bits per heavy atom. The molecule has 5 heterocycles. The number of nitrogens with one attached hydrogen (secondary N) is 1. The van der Waals surface area contributed by atoms with E-state index in [4.69, 9.17) is 9.51 Å². The molecule has 1 fully saturated rings. The number of rotatable bonds is 2. The van der Waals surface area contributed by atoms with Crippen molar-refractivity contribution in [3.63, 3.8) is 0 Å². The SMILES string of the molecule is C[C@H]1CCN(C(=O)c2ccno2)C[C@H]1c1ncc2cnc3[nH]ccc3n12. The van der Waals surface area contributed by atoms with Crippen LogP contribution in [0.25, 0.3) is 16.7 Å². The maximum absolute atomic E-state index is 12.7. The highest BCUT2D eigenvalue weighted by Crippen LogP contribution is 2.33. The lowest BCUT2D eigenvalue weighted by Gasteiger charge is -2.36. The number of imidazole rings is 1. The molecule has 2 atom stereocenters. The number of carbonyl (C=O) groups is 1. The molecule has 0 saturated carbocycles.